The van der Waals surface area contributed by atoms with E-state index in [2.05, 4.69) is 4.90 Å². The Balaban J connectivity index is 2.50. The number of aliphatic hydroxyl groups is 1. The molecule has 108 valence electrons. The van der Waals surface area contributed by atoms with Gasteiger partial charge in [0.05, 0.1) is 5.25 Å². The van der Waals surface area contributed by atoms with Crippen LogP contribution in [-0.4, -0.2) is 56.2 Å². The molecule has 2 atom stereocenters. The number of sulfone groups is 1. The molecule has 1 N–H and O–H groups in total. The van der Waals surface area contributed by atoms with Crippen LogP contribution in [0.5, 0.6) is 0 Å². The van der Waals surface area contributed by atoms with E-state index in [4.69, 9.17) is 5.11 Å². The minimum Gasteiger partial charge on any atom is -0.396 e. The zero-order valence-corrected chi connectivity index (χ0v) is 12.5. The van der Waals surface area contributed by atoms with Gasteiger partial charge in [0.1, 0.15) is 0 Å². The monoisotopic (exact) mass is 277 g/mol. The lowest BCUT2D eigenvalue weighted by Crippen LogP contribution is -2.47. The van der Waals surface area contributed by atoms with Crippen molar-refractivity contribution in [2.24, 2.45) is 0 Å². The van der Waals surface area contributed by atoms with Gasteiger partial charge in [-0.25, -0.2) is 8.42 Å². The Bertz CT molecular complexity index is 329. The molecule has 0 bridgehead atoms. The lowest BCUT2D eigenvalue weighted by Gasteiger charge is -2.37. The predicted molar refractivity (Wildman–Crippen MR) is 74.5 cm³/mol. The lowest BCUT2D eigenvalue weighted by atomic mass is 9.93. The van der Waals surface area contributed by atoms with Gasteiger partial charge in [-0.1, -0.05) is 12.8 Å². The van der Waals surface area contributed by atoms with Gasteiger partial charge in [0, 0.05) is 18.9 Å². The van der Waals surface area contributed by atoms with E-state index in [0.29, 0.717) is 0 Å². The molecular weight excluding hydrogens is 250 g/mol. The van der Waals surface area contributed by atoms with E-state index in [0.717, 1.165) is 51.5 Å². The largest absolute Gasteiger partial charge is 0.396 e. The molecule has 1 aliphatic rings. The number of hydrogen-bond acceptors (Lipinski definition) is 4. The van der Waals surface area contributed by atoms with Crippen molar-refractivity contribution >= 4 is 9.84 Å². The van der Waals surface area contributed by atoms with Gasteiger partial charge in [-0.15, -0.1) is 0 Å². The van der Waals surface area contributed by atoms with Gasteiger partial charge in [0.25, 0.3) is 0 Å². The summed E-state index contributed by atoms with van der Waals surface area (Å²) in [5.74, 6) is 0. The van der Waals surface area contributed by atoms with Gasteiger partial charge in [0.15, 0.2) is 9.84 Å². The SMILES string of the molecule is CN(CCCCCO)C1CCCCC1S(C)(=O)=O. The van der Waals surface area contributed by atoms with E-state index in [1.165, 1.54) is 6.26 Å². The standard InChI is InChI=1S/C13H27NO3S/c1-14(10-6-3-7-11-15)12-8-4-5-9-13(12)18(2,16)17/h12-13,15H,3-11H2,1-2H3. The summed E-state index contributed by atoms with van der Waals surface area (Å²) in [4.78, 5) is 2.21. The molecule has 1 rings (SSSR count). The maximum atomic E-state index is 11.8. The molecule has 0 spiro atoms. The van der Waals surface area contributed by atoms with Crippen molar-refractivity contribution in [3.8, 4) is 0 Å². The summed E-state index contributed by atoms with van der Waals surface area (Å²) in [6, 6.07) is 0.183. The molecular formula is C13H27NO3S. The number of unbranched alkanes of at least 4 members (excludes halogenated alkanes) is 2. The fraction of sp³-hybridized carbons (Fsp3) is 1.00. The van der Waals surface area contributed by atoms with Gasteiger partial charge in [0.2, 0.25) is 0 Å². The van der Waals surface area contributed by atoms with Crippen LogP contribution in [0.1, 0.15) is 44.9 Å². The van der Waals surface area contributed by atoms with E-state index in [1.54, 1.807) is 0 Å². The van der Waals surface area contributed by atoms with Crippen molar-refractivity contribution in [2.45, 2.75) is 56.2 Å². The molecule has 5 heteroatoms. The van der Waals surface area contributed by atoms with Crippen LogP contribution >= 0.6 is 0 Å². The number of aliphatic hydroxyl groups excluding tert-OH is 1. The fourth-order valence-electron chi connectivity index (χ4n) is 2.90. The Hall–Kier alpha value is -0.130. The van der Waals surface area contributed by atoms with Crippen LogP contribution in [0, 0.1) is 0 Å². The molecule has 0 heterocycles. The Kier molecular flexibility index (Phi) is 6.60. The third-order valence-corrected chi connectivity index (χ3v) is 5.60. The second-order valence-corrected chi connectivity index (χ2v) is 7.75. The smallest absolute Gasteiger partial charge is 0.151 e. The van der Waals surface area contributed by atoms with Crippen LogP contribution in [0.15, 0.2) is 0 Å². The van der Waals surface area contributed by atoms with Crippen LogP contribution in [-0.2, 0) is 9.84 Å². The van der Waals surface area contributed by atoms with Gasteiger partial charge >= 0.3 is 0 Å². The van der Waals surface area contributed by atoms with Crippen LogP contribution in [0.4, 0.5) is 0 Å². The Morgan fingerprint density at radius 2 is 1.83 bits per heavy atom. The Morgan fingerprint density at radius 1 is 1.17 bits per heavy atom. The summed E-state index contributed by atoms with van der Waals surface area (Å²) < 4.78 is 23.6. The second kappa shape index (κ2) is 7.46. The summed E-state index contributed by atoms with van der Waals surface area (Å²) in [7, 11) is -0.902. The zero-order chi connectivity index (χ0) is 13.6. The molecule has 0 aromatic heterocycles. The number of hydrogen-bond donors (Lipinski definition) is 1. The summed E-state index contributed by atoms with van der Waals surface area (Å²) in [5, 5.41) is 8.55. The van der Waals surface area contributed by atoms with Crippen molar-refractivity contribution in [1.82, 2.24) is 4.90 Å². The normalized spacial score (nSPS) is 25.6. The Labute approximate surface area is 111 Å². The van der Waals surface area contributed by atoms with E-state index >= 15 is 0 Å². The molecule has 18 heavy (non-hydrogen) atoms. The minimum absolute atomic E-state index is 0.183. The van der Waals surface area contributed by atoms with Crippen LogP contribution in [0.2, 0.25) is 0 Å². The van der Waals surface area contributed by atoms with E-state index in [9.17, 15) is 8.42 Å². The topological polar surface area (TPSA) is 57.6 Å². The van der Waals surface area contributed by atoms with E-state index < -0.39 is 9.84 Å². The van der Waals surface area contributed by atoms with Crippen molar-refractivity contribution in [1.29, 1.82) is 0 Å². The van der Waals surface area contributed by atoms with Gasteiger partial charge < -0.3 is 10.0 Å². The van der Waals surface area contributed by atoms with Gasteiger partial charge in [-0.2, -0.15) is 0 Å². The molecule has 0 aromatic rings. The molecule has 1 saturated carbocycles. The first-order chi connectivity index (χ1) is 8.46. The highest BCUT2D eigenvalue weighted by molar-refractivity contribution is 7.91. The molecule has 0 radical (unpaired) electrons. The highest BCUT2D eigenvalue weighted by atomic mass is 32.2. The van der Waals surface area contributed by atoms with Crippen molar-refractivity contribution in [2.75, 3.05) is 26.5 Å². The molecule has 4 nitrogen and oxygen atoms in total. The quantitative estimate of drug-likeness (QED) is 0.715. The zero-order valence-electron chi connectivity index (χ0n) is 11.6. The Morgan fingerprint density at radius 3 is 2.44 bits per heavy atom. The van der Waals surface area contributed by atoms with Crippen LogP contribution in [0.25, 0.3) is 0 Å². The summed E-state index contributed by atoms with van der Waals surface area (Å²) >= 11 is 0. The first-order valence-corrected chi connectivity index (χ1v) is 8.92. The second-order valence-electron chi connectivity index (χ2n) is 5.48. The van der Waals surface area contributed by atoms with E-state index in [1.807, 2.05) is 7.05 Å². The number of rotatable bonds is 7. The molecule has 0 saturated heterocycles. The lowest BCUT2D eigenvalue weighted by molar-refractivity contribution is 0.188. The molecule has 2 unspecified atom stereocenters. The minimum atomic E-state index is -2.94. The highest BCUT2D eigenvalue weighted by Crippen LogP contribution is 2.27. The summed E-state index contributed by atoms with van der Waals surface area (Å²) in [6.45, 7) is 1.18. The fourth-order valence-corrected chi connectivity index (χ4v) is 4.41. The first kappa shape index (κ1) is 15.9. The molecule has 0 aliphatic heterocycles. The van der Waals surface area contributed by atoms with Crippen molar-refractivity contribution < 1.29 is 13.5 Å². The van der Waals surface area contributed by atoms with Gasteiger partial charge in [-0.05, 0) is 45.7 Å². The molecule has 0 aromatic carbocycles. The molecule has 1 fully saturated rings. The first-order valence-electron chi connectivity index (χ1n) is 6.96. The van der Waals surface area contributed by atoms with Crippen molar-refractivity contribution in [3.05, 3.63) is 0 Å². The van der Waals surface area contributed by atoms with Crippen LogP contribution in [0.3, 0.4) is 0 Å². The van der Waals surface area contributed by atoms with Gasteiger partial charge in [-0.3, -0.25) is 0 Å². The summed E-state index contributed by atoms with van der Waals surface area (Å²) in [5.41, 5.74) is 0. The van der Waals surface area contributed by atoms with E-state index in [-0.39, 0.29) is 17.9 Å². The maximum Gasteiger partial charge on any atom is 0.151 e. The molecule has 0 amide bonds. The highest BCUT2D eigenvalue weighted by Gasteiger charge is 2.34. The average molecular weight is 277 g/mol. The third-order valence-electron chi connectivity index (χ3n) is 3.95. The average Bonchev–Trinajstić information content (AvgIpc) is 2.33. The van der Waals surface area contributed by atoms with Crippen LogP contribution < -0.4 is 0 Å². The predicted octanol–water partition coefficient (Wildman–Crippen LogP) is 1.44. The third kappa shape index (κ3) is 4.86. The molecule has 1 aliphatic carbocycles. The maximum absolute atomic E-state index is 11.8. The summed E-state index contributed by atoms with van der Waals surface area (Å²) in [6.07, 6.45) is 8.23. The van der Waals surface area contributed by atoms with Crippen molar-refractivity contribution in [3.63, 3.8) is 0 Å². The number of nitrogens with zero attached hydrogens (tertiary/aromatic N) is 1.